The molecule has 0 saturated carbocycles. The van der Waals surface area contributed by atoms with Crippen LogP contribution in [0.5, 0.6) is 0 Å². The molecule has 0 bridgehead atoms. The molecule has 0 aromatic rings. The van der Waals surface area contributed by atoms with Crippen LogP contribution in [0.3, 0.4) is 0 Å². The van der Waals surface area contributed by atoms with Crippen LogP contribution in [0, 0.1) is 0 Å². The molecular formula is Ga2In2NP. The second-order valence-corrected chi connectivity index (χ2v) is 0. The van der Waals surface area contributed by atoms with Crippen LogP contribution in [0.25, 0.3) is 6.15 Å². The molecule has 0 heterocycles. The quantitative estimate of drug-likeness (QED) is 0.383. The van der Waals surface area contributed by atoms with Crippen LogP contribution < -0.4 is 0 Å². The Labute approximate surface area is 105 Å². The number of hydrogen-bond donors (Lipinski definition) is 0. The zero-order valence-electron chi connectivity index (χ0n) is 3.20. The molecule has 0 fully saturated rings. The maximum atomic E-state index is 0. The number of rotatable bonds is 0. The molecule has 0 atom stereocenters. The van der Waals surface area contributed by atoms with Crippen molar-refractivity contribution in [3.05, 3.63) is 6.15 Å². The van der Waals surface area contributed by atoms with E-state index in [1.165, 1.54) is 0 Å². The summed E-state index contributed by atoms with van der Waals surface area (Å²) >= 11 is 0. The predicted molar refractivity (Wildman–Crippen MR) is 33.3 cm³/mol. The largest absolute Gasteiger partial charge is 3.00 e. The third-order valence-corrected chi connectivity index (χ3v) is 0. The van der Waals surface area contributed by atoms with Crippen molar-refractivity contribution in [3.8, 4) is 0 Å². The second kappa shape index (κ2) is 39.8. The van der Waals surface area contributed by atoms with Gasteiger partial charge >= 0.3 is 51.7 Å². The Hall–Kier alpha value is 3.40. The summed E-state index contributed by atoms with van der Waals surface area (Å²) in [5.41, 5.74) is 0. The van der Waals surface area contributed by atoms with E-state index >= 15 is 0 Å². The van der Waals surface area contributed by atoms with Crippen LogP contribution in [-0.2, 0) is 0 Å². The number of nitrogens with zero attached hydrogens (tertiary/aromatic N) is 1. The van der Waals surface area contributed by atoms with E-state index in [2.05, 4.69) is 0 Å². The van der Waals surface area contributed by atoms with Gasteiger partial charge in [0.05, 0.1) is 0 Å². The summed E-state index contributed by atoms with van der Waals surface area (Å²) in [4.78, 5) is 0. The minimum Gasteiger partial charge on any atom is -3.00 e. The smallest absolute Gasteiger partial charge is 3.00 e. The molecule has 0 aromatic carbocycles. The van der Waals surface area contributed by atoms with Crippen molar-refractivity contribution in [3.63, 3.8) is 0 Å². The van der Waals surface area contributed by atoms with E-state index in [1.807, 2.05) is 0 Å². The van der Waals surface area contributed by atoms with Crippen molar-refractivity contribution in [2.45, 2.75) is 0 Å². The van der Waals surface area contributed by atoms with E-state index in [4.69, 9.17) is 0 Å². The van der Waals surface area contributed by atoms with E-state index in [0.717, 1.165) is 0 Å². The molecule has 0 aromatic heterocycles. The molecule has 0 saturated heterocycles. The predicted octanol–water partition coefficient (Wildman–Crippen LogP) is -0.373. The minimum atomic E-state index is 0. The zero-order valence-corrected chi connectivity index (χ0v) is 15.5. The van der Waals surface area contributed by atoms with Gasteiger partial charge in [0.25, 0.3) is 0 Å². The van der Waals surface area contributed by atoms with Crippen LogP contribution in [0.4, 0.5) is 0 Å². The average Bonchev–Trinajstić information content (AvgIpc) is 0. The van der Waals surface area contributed by atoms with Gasteiger partial charge in [-0.25, -0.2) is 0 Å². The average molecular weight is 414 g/mol. The van der Waals surface area contributed by atoms with Crippen LogP contribution in [-0.4, -0.2) is 91.3 Å². The van der Waals surface area contributed by atoms with Crippen molar-refractivity contribution in [1.82, 2.24) is 0 Å². The third-order valence-electron chi connectivity index (χ3n) is 0. The molecule has 0 spiro atoms. The fraction of sp³-hybridized carbons (Fsp3) is 0. The Balaban J connectivity index is 0. The summed E-state index contributed by atoms with van der Waals surface area (Å²) < 4.78 is 0. The molecule has 0 unspecified atom stereocenters. The van der Waals surface area contributed by atoms with Gasteiger partial charge in [0, 0.05) is 39.6 Å². The van der Waals surface area contributed by atoms with Gasteiger partial charge in [-0.3, -0.25) is 0 Å². The van der Waals surface area contributed by atoms with Crippen molar-refractivity contribution < 1.29 is 0 Å². The third kappa shape index (κ3) is 26.2. The van der Waals surface area contributed by atoms with Gasteiger partial charge in [0.2, 0.25) is 0 Å². The van der Waals surface area contributed by atoms with Crippen LogP contribution in [0.1, 0.15) is 0 Å². The summed E-state index contributed by atoms with van der Waals surface area (Å²) in [6.45, 7) is 0. The molecule has 22 valence electrons. The Morgan fingerprint density at radius 2 is 0.667 bits per heavy atom. The zero-order chi connectivity index (χ0) is 0. The maximum Gasteiger partial charge on any atom is 3.00 e. The van der Waals surface area contributed by atoms with Crippen molar-refractivity contribution >= 4 is 101 Å². The first-order chi connectivity index (χ1) is 0. The first kappa shape index (κ1) is 57.3. The summed E-state index contributed by atoms with van der Waals surface area (Å²) in [5, 5.41) is 0. The number of hydrogen-bond acceptors (Lipinski definition) is 0. The van der Waals surface area contributed by atoms with Crippen molar-refractivity contribution in [2.75, 3.05) is 0 Å². The molecular weight excluding hydrogens is 414 g/mol. The summed E-state index contributed by atoms with van der Waals surface area (Å²) in [6.07, 6.45) is 0. The monoisotopic (exact) mass is 413 g/mol. The molecule has 0 rings (SSSR count). The Morgan fingerprint density at radius 1 is 0.667 bits per heavy atom. The normalized spacial score (nSPS) is 0. The van der Waals surface area contributed by atoms with Crippen LogP contribution in [0.15, 0.2) is 0 Å². The Bertz CT molecular complexity index is 11.5. The second-order valence-electron chi connectivity index (χ2n) is 0. The van der Waals surface area contributed by atoms with Crippen molar-refractivity contribution in [2.24, 2.45) is 0 Å². The summed E-state index contributed by atoms with van der Waals surface area (Å²) in [6, 6.07) is 0. The first-order valence-electron chi connectivity index (χ1n) is 0. The molecule has 0 aliphatic heterocycles. The minimum absolute atomic E-state index is 0. The van der Waals surface area contributed by atoms with Gasteiger partial charge in [-0.2, -0.15) is 0 Å². The summed E-state index contributed by atoms with van der Waals surface area (Å²) in [5.74, 6) is 0. The van der Waals surface area contributed by atoms with Gasteiger partial charge in [0.15, 0.2) is 0 Å². The van der Waals surface area contributed by atoms with Gasteiger partial charge in [-0.05, 0) is 0 Å². The molecule has 0 aliphatic carbocycles. The summed E-state index contributed by atoms with van der Waals surface area (Å²) in [7, 11) is 0. The van der Waals surface area contributed by atoms with Crippen molar-refractivity contribution in [1.29, 1.82) is 0 Å². The van der Waals surface area contributed by atoms with E-state index in [-0.39, 0.29) is 107 Å². The Kier molecular flexibility index (Phi) is 380. The SMILES string of the molecule is [Ga].[Ga].[In+3].[In+3].[N-3].[P-3]. The molecule has 6 heteroatoms. The van der Waals surface area contributed by atoms with Crippen LogP contribution >= 0.6 is 9.90 Å². The standard InChI is InChI=1S/2Ga.2In.N.P/q;;2*+3;2*-3. The maximum absolute atomic E-state index is 0. The topological polar surface area (TPSA) is 30.5 Å². The van der Waals surface area contributed by atoms with Gasteiger partial charge in [-0.15, -0.1) is 0 Å². The van der Waals surface area contributed by atoms with Crippen LogP contribution in [0.2, 0.25) is 0 Å². The molecule has 0 N–H and O–H groups in total. The Morgan fingerprint density at radius 3 is 0.667 bits per heavy atom. The van der Waals surface area contributed by atoms with Gasteiger partial charge in [-0.1, -0.05) is 0 Å². The van der Waals surface area contributed by atoms with Gasteiger partial charge < -0.3 is 16.0 Å². The molecule has 0 amide bonds. The fourth-order valence-electron chi connectivity index (χ4n) is 0. The van der Waals surface area contributed by atoms with E-state index in [1.54, 1.807) is 0 Å². The molecule has 6 radical (unpaired) electrons. The fourth-order valence-corrected chi connectivity index (χ4v) is 0. The molecule has 6 heavy (non-hydrogen) atoms. The van der Waals surface area contributed by atoms with Gasteiger partial charge in [0.1, 0.15) is 0 Å². The molecule has 1 nitrogen and oxygen atoms in total. The van der Waals surface area contributed by atoms with E-state index < -0.39 is 0 Å². The van der Waals surface area contributed by atoms with E-state index in [9.17, 15) is 0 Å². The first-order valence-corrected chi connectivity index (χ1v) is 0. The molecule has 0 aliphatic rings. The van der Waals surface area contributed by atoms with E-state index in [0.29, 0.717) is 0 Å².